The van der Waals surface area contributed by atoms with Gasteiger partial charge in [-0.25, -0.2) is 0 Å². The highest BCUT2D eigenvalue weighted by atomic mass is 16.5. The molecule has 4 heteroatoms. The van der Waals surface area contributed by atoms with Crippen LogP contribution in [-0.2, 0) is 14.3 Å². The fourth-order valence-electron chi connectivity index (χ4n) is 1.05. The van der Waals surface area contributed by atoms with Crippen LogP contribution in [0.5, 0.6) is 0 Å². The van der Waals surface area contributed by atoms with Crippen molar-refractivity contribution in [1.82, 2.24) is 5.32 Å². The fourth-order valence-corrected chi connectivity index (χ4v) is 1.05. The van der Waals surface area contributed by atoms with Crippen LogP contribution in [0.1, 0.15) is 47.5 Å². The smallest absolute Gasteiger partial charge is 0.146 e. The van der Waals surface area contributed by atoms with Gasteiger partial charge in [0.15, 0.2) is 0 Å². The Bertz CT molecular complexity index is 249. The summed E-state index contributed by atoms with van der Waals surface area (Å²) < 4.78 is 5.59. The molecule has 0 aromatic heterocycles. The molecule has 0 aromatic rings. The van der Waals surface area contributed by atoms with E-state index in [0.717, 1.165) is 0 Å². The van der Waals surface area contributed by atoms with Gasteiger partial charge in [-0.3, -0.25) is 10.1 Å². The molecule has 0 rings (SSSR count). The molecule has 0 heterocycles. The van der Waals surface area contributed by atoms with Crippen molar-refractivity contribution in [2.45, 2.75) is 59.1 Å². The highest BCUT2D eigenvalue weighted by molar-refractivity contribution is 5.80. The molecule has 0 fully saturated rings. The van der Waals surface area contributed by atoms with Crippen LogP contribution in [0.15, 0.2) is 0 Å². The molecule has 0 bridgehead atoms. The summed E-state index contributed by atoms with van der Waals surface area (Å²) in [4.78, 5) is 21.8. The van der Waals surface area contributed by atoms with Gasteiger partial charge in [0.05, 0.1) is 18.4 Å². The van der Waals surface area contributed by atoms with E-state index in [0.29, 0.717) is 19.6 Å². The predicted molar refractivity (Wildman–Crippen MR) is 63.2 cm³/mol. The maximum atomic E-state index is 11.0. The summed E-state index contributed by atoms with van der Waals surface area (Å²) in [7, 11) is 0. The van der Waals surface area contributed by atoms with Gasteiger partial charge in [-0.2, -0.15) is 0 Å². The Hall–Kier alpha value is -0.740. The van der Waals surface area contributed by atoms with E-state index in [4.69, 9.17) is 4.74 Å². The number of hydrogen-bond donors (Lipinski definition) is 1. The van der Waals surface area contributed by atoms with Gasteiger partial charge in [0.2, 0.25) is 0 Å². The van der Waals surface area contributed by atoms with Crippen LogP contribution < -0.4 is 5.32 Å². The molecule has 1 unspecified atom stereocenters. The first-order valence-corrected chi connectivity index (χ1v) is 5.62. The van der Waals surface area contributed by atoms with Crippen molar-refractivity contribution in [2.24, 2.45) is 0 Å². The third-order valence-electron chi connectivity index (χ3n) is 2.54. The number of ketones is 2. The van der Waals surface area contributed by atoms with Gasteiger partial charge in [0, 0.05) is 6.42 Å². The molecule has 0 saturated heterocycles. The molecular formula is C12H23NO3. The molecule has 0 aliphatic heterocycles. The second kappa shape index (κ2) is 6.76. The summed E-state index contributed by atoms with van der Waals surface area (Å²) in [6.45, 7) is 9.12. The van der Waals surface area contributed by atoms with Gasteiger partial charge in [-0.1, -0.05) is 0 Å². The van der Waals surface area contributed by atoms with E-state index in [1.54, 1.807) is 20.8 Å². The van der Waals surface area contributed by atoms with Crippen LogP contribution in [-0.4, -0.2) is 29.9 Å². The zero-order valence-electron chi connectivity index (χ0n) is 10.9. The zero-order chi connectivity index (χ0) is 12.8. The number of hydrogen-bond acceptors (Lipinski definition) is 4. The lowest BCUT2D eigenvalue weighted by atomic mass is 10.0. The van der Waals surface area contributed by atoms with Gasteiger partial charge >= 0.3 is 0 Å². The van der Waals surface area contributed by atoms with Gasteiger partial charge in [-0.05, 0) is 41.0 Å². The Balaban J connectivity index is 3.81. The first kappa shape index (κ1) is 15.3. The molecule has 0 aliphatic carbocycles. The molecule has 16 heavy (non-hydrogen) atoms. The quantitative estimate of drug-likeness (QED) is 0.643. The number of carbonyl (C=O) groups excluding carboxylic acids is 2. The SMILES string of the molecule is CC(=O)CCC(C)(C)OCNC(C)C(C)=O. The second-order valence-electron chi connectivity index (χ2n) is 4.79. The van der Waals surface area contributed by atoms with Gasteiger partial charge in [0.25, 0.3) is 0 Å². The van der Waals surface area contributed by atoms with E-state index in [1.165, 1.54) is 0 Å². The minimum absolute atomic E-state index is 0.0881. The molecular weight excluding hydrogens is 206 g/mol. The first-order valence-electron chi connectivity index (χ1n) is 5.62. The van der Waals surface area contributed by atoms with E-state index in [1.807, 2.05) is 13.8 Å². The van der Waals surface area contributed by atoms with Crippen LogP contribution >= 0.6 is 0 Å². The summed E-state index contributed by atoms with van der Waals surface area (Å²) >= 11 is 0. The Labute approximate surface area is 97.7 Å². The Kier molecular flexibility index (Phi) is 6.45. The van der Waals surface area contributed by atoms with Crippen molar-refractivity contribution < 1.29 is 14.3 Å². The Morgan fingerprint density at radius 3 is 2.31 bits per heavy atom. The van der Waals surface area contributed by atoms with Crippen molar-refractivity contribution >= 4 is 11.6 Å². The second-order valence-corrected chi connectivity index (χ2v) is 4.79. The van der Waals surface area contributed by atoms with E-state index in [9.17, 15) is 9.59 Å². The average Bonchev–Trinajstić information content (AvgIpc) is 2.14. The van der Waals surface area contributed by atoms with Gasteiger partial charge in [0.1, 0.15) is 11.6 Å². The summed E-state index contributed by atoms with van der Waals surface area (Å²) in [6.07, 6.45) is 1.22. The minimum Gasteiger partial charge on any atom is -0.360 e. The number of rotatable bonds is 8. The third kappa shape index (κ3) is 7.54. The van der Waals surface area contributed by atoms with E-state index in [2.05, 4.69) is 5.32 Å². The maximum Gasteiger partial charge on any atom is 0.146 e. The lowest BCUT2D eigenvalue weighted by molar-refractivity contribution is -0.120. The first-order chi connectivity index (χ1) is 7.24. The Morgan fingerprint density at radius 2 is 1.88 bits per heavy atom. The van der Waals surface area contributed by atoms with Crippen molar-refractivity contribution in [2.75, 3.05) is 6.73 Å². The normalized spacial score (nSPS) is 13.6. The summed E-state index contributed by atoms with van der Waals surface area (Å²) in [5.74, 6) is 0.256. The van der Waals surface area contributed by atoms with Crippen molar-refractivity contribution in [3.8, 4) is 0 Å². The molecule has 4 nitrogen and oxygen atoms in total. The number of carbonyl (C=O) groups is 2. The lowest BCUT2D eigenvalue weighted by Gasteiger charge is -2.25. The van der Waals surface area contributed by atoms with E-state index < -0.39 is 0 Å². The molecule has 0 aliphatic rings. The average molecular weight is 229 g/mol. The largest absolute Gasteiger partial charge is 0.360 e. The van der Waals surface area contributed by atoms with Crippen LogP contribution in [0.25, 0.3) is 0 Å². The standard InChI is InChI=1S/C12H23NO3/c1-9(14)6-7-12(4,5)16-8-13-10(2)11(3)15/h10,13H,6-8H2,1-5H3. The molecule has 94 valence electrons. The monoisotopic (exact) mass is 229 g/mol. The minimum atomic E-state index is -0.338. The molecule has 1 N–H and O–H groups in total. The summed E-state index contributed by atoms with van der Waals surface area (Å²) in [5.41, 5.74) is -0.338. The van der Waals surface area contributed by atoms with Crippen molar-refractivity contribution in [3.63, 3.8) is 0 Å². The molecule has 0 aromatic carbocycles. The van der Waals surface area contributed by atoms with E-state index in [-0.39, 0.29) is 23.2 Å². The fraction of sp³-hybridized carbons (Fsp3) is 0.833. The molecule has 0 amide bonds. The third-order valence-corrected chi connectivity index (χ3v) is 2.54. The highest BCUT2D eigenvalue weighted by Crippen LogP contribution is 2.16. The van der Waals surface area contributed by atoms with Crippen LogP contribution in [0, 0.1) is 0 Å². The van der Waals surface area contributed by atoms with E-state index >= 15 is 0 Å². The van der Waals surface area contributed by atoms with Crippen LogP contribution in [0.4, 0.5) is 0 Å². The lowest BCUT2D eigenvalue weighted by Crippen LogP contribution is -2.38. The zero-order valence-corrected chi connectivity index (χ0v) is 10.9. The number of Topliss-reactive ketones (excluding diaryl/α,β-unsaturated/α-hetero) is 2. The topological polar surface area (TPSA) is 55.4 Å². The summed E-state index contributed by atoms with van der Waals surface area (Å²) in [6, 6.07) is -0.191. The van der Waals surface area contributed by atoms with Crippen LogP contribution in [0.3, 0.4) is 0 Å². The van der Waals surface area contributed by atoms with Crippen molar-refractivity contribution in [3.05, 3.63) is 0 Å². The van der Waals surface area contributed by atoms with Gasteiger partial charge < -0.3 is 9.53 Å². The molecule has 1 atom stereocenters. The van der Waals surface area contributed by atoms with Crippen LogP contribution in [0.2, 0.25) is 0 Å². The summed E-state index contributed by atoms with van der Waals surface area (Å²) in [5, 5.41) is 2.97. The molecule has 0 radical (unpaired) electrons. The highest BCUT2D eigenvalue weighted by Gasteiger charge is 2.19. The Morgan fingerprint density at radius 1 is 1.31 bits per heavy atom. The molecule has 0 saturated carbocycles. The van der Waals surface area contributed by atoms with Gasteiger partial charge in [-0.15, -0.1) is 0 Å². The van der Waals surface area contributed by atoms with Crippen molar-refractivity contribution in [1.29, 1.82) is 0 Å². The number of ether oxygens (including phenoxy) is 1. The molecule has 0 spiro atoms. The predicted octanol–water partition coefficient (Wildman–Crippen LogP) is 1.68. The number of nitrogens with one attached hydrogen (secondary N) is 1. The maximum absolute atomic E-state index is 11.0.